The van der Waals surface area contributed by atoms with Crippen molar-refractivity contribution >= 4 is 17.9 Å². The van der Waals surface area contributed by atoms with Crippen LogP contribution >= 0.6 is 0 Å². The van der Waals surface area contributed by atoms with E-state index in [9.17, 15) is 14.4 Å². The molecule has 482 valence electrons. The van der Waals surface area contributed by atoms with E-state index in [1.807, 2.05) is 0 Å². The van der Waals surface area contributed by atoms with Gasteiger partial charge in [-0.3, -0.25) is 14.4 Å². The summed E-state index contributed by atoms with van der Waals surface area (Å²) in [5.41, 5.74) is 0. The molecule has 6 nitrogen and oxygen atoms in total. The van der Waals surface area contributed by atoms with E-state index in [1.54, 1.807) is 0 Å². The Morgan fingerprint density at radius 1 is 0.244 bits per heavy atom. The van der Waals surface area contributed by atoms with Crippen LogP contribution in [0.3, 0.4) is 0 Å². The van der Waals surface area contributed by atoms with Crippen LogP contribution in [-0.4, -0.2) is 37.2 Å². The zero-order valence-corrected chi connectivity index (χ0v) is 55.5. The highest BCUT2D eigenvalue weighted by Gasteiger charge is 2.19. The largest absolute Gasteiger partial charge is 0.462 e. The maximum atomic E-state index is 13.0. The van der Waals surface area contributed by atoms with Crippen LogP contribution in [0.2, 0.25) is 0 Å². The summed E-state index contributed by atoms with van der Waals surface area (Å²) in [7, 11) is 0. The third-order valence-electron chi connectivity index (χ3n) is 16.9. The Balaban J connectivity index is 4.21. The highest BCUT2D eigenvalue weighted by Crippen LogP contribution is 2.19. The average Bonchev–Trinajstić information content (AvgIpc) is 3.47. The second-order valence-electron chi connectivity index (χ2n) is 25.2. The Bertz CT molecular complexity index is 1370. The zero-order valence-electron chi connectivity index (χ0n) is 55.5. The third kappa shape index (κ3) is 68.4. The van der Waals surface area contributed by atoms with Crippen LogP contribution in [0.4, 0.5) is 0 Å². The Morgan fingerprint density at radius 2 is 0.439 bits per heavy atom. The lowest BCUT2D eigenvalue weighted by Gasteiger charge is -2.18. The second-order valence-corrected chi connectivity index (χ2v) is 25.2. The molecular formula is C76H142O6. The third-order valence-corrected chi connectivity index (χ3v) is 16.9. The molecule has 0 saturated carbocycles. The first-order valence-corrected chi connectivity index (χ1v) is 37.0. The number of hydrogen-bond donors (Lipinski definition) is 0. The van der Waals surface area contributed by atoms with Gasteiger partial charge >= 0.3 is 17.9 Å². The number of hydrogen-bond acceptors (Lipinski definition) is 6. The van der Waals surface area contributed by atoms with Crippen molar-refractivity contribution in [3.8, 4) is 0 Å². The molecule has 1 unspecified atom stereocenters. The normalized spacial score (nSPS) is 12.2. The lowest BCUT2D eigenvalue weighted by molar-refractivity contribution is -0.167. The van der Waals surface area contributed by atoms with Crippen LogP contribution in [0.25, 0.3) is 0 Å². The molecule has 0 aliphatic rings. The van der Waals surface area contributed by atoms with E-state index in [4.69, 9.17) is 14.2 Å². The first-order valence-electron chi connectivity index (χ1n) is 37.0. The zero-order chi connectivity index (χ0) is 59.2. The predicted molar refractivity (Wildman–Crippen MR) is 358 cm³/mol. The van der Waals surface area contributed by atoms with Gasteiger partial charge in [0.25, 0.3) is 0 Å². The topological polar surface area (TPSA) is 78.9 Å². The minimum Gasteiger partial charge on any atom is -0.462 e. The molecule has 0 saturated heterocycles. The summed E-state index contributed by atoms with van der Waals surface area (Å²) in [6.45, 7) is 6.68. The van der Waals surface area contributed by atoms with Gasteiger partial charge in [0.15, 0.2) is 6.10 Å². The number of allylic oxidation sites excluding steroid dienone is 6. The van der Waals surface area contributed by atoms with E-state index in [-0.39, 0.29) is 31.1 Å². The van der Waals surface area contributed by atoms with Crippen LogP contribution in [-0.2, 0) is 28.6 Å². The van der Waals surface area contributed by atoms with Gasteiger partial charge in [0.05, 0.1) is 0 Å². The molecule has 82 heavy (non-hydrogen) atoms. The average molecular weight is 1150 g/mol. The molecule has 0 N–H and O–H groups in total. The van der Waals surface area contributed by atoms with Crippen LogP contribution < -0.4 is 0 Å². The van der Waals surface area contributed by atoms with Crippen molar-refractivity contribution in [1.82, 2.24) is 0 Å². The molecule has 0 aliphatic carbocycles. The van der Waals surface area contributed by atoms with Crippen LogP contribution in [0, 0.1) is 0 Å². The van der Waals surface area contributed by atoms with Gasteiger partial charge in [0, 0.05) is 19.3 Å². The maximum absolute atomic E-state index is 13.0. The predicted octanol–water partition coefficient (Wildman–Crippen LogP) is 25.5. The van der Waals surface area contributed by atoms with E-state index in [0.717, 1.165) is 77.0 Å². The molecule has 0 aromatic heterocycles. The summed E-state index contributed by atoms with van der Waals surface area (Å²) in [6.07, 6.45) is 89.0. The molecule has 0 amide bonds. The summed E-state index contributed by atoms with van der Waals surface area (Å²) in [4.78, 5) is 38.5. The van der Waals surface area contributed by atoms with E-state index in [0.29, 0.717) is 19.3 Å². The van der Waals surface area contributed by atoms with Gasteiger partial charge in [-0.05, 0) is 77.0 Å². The molecule has 0 aliphatic heterocycles. The summed E-state index contributed by atoms with van der Waals surface area (Å²) in [6, 6.07) is 0. The van der Waals surface area contributed by atoms with Gasteiger partial charge in [-0.15, -0.1) is 0 Å². The fraction of sp³-hybridized carbons (Fsp3) is 0.882. The van der Waals surface area contributed by atoms with E-state index >= 15 is 0 Å². The first-order chi connectivity index (χ1) is 40.5. The van der Waals surface area contributed by atoms with E-state index in [1.165, 1.54) is 295 Å². The van der Waals surface area contributed by atoms with Crippen molar-refractivity contribution in [2.75, 3.05) is 13.2 Å². The highest BCUT2D eigenvalue weighted by molar-refractivity contribution is 5.71. The molecule has 0 fully saturated rings. The molecular weight excluding hydrogens is 1010 g/mol. The first kappa shape index (κ1) is 79.6. The highest BCUT2D eigenvalue weighted by atomic mass is 16.6. The fourth-order valence-electron chi connectivity index (χ4n) is 11.3. The summed E-state index contributed by atoms with van der Waals surface area (Å²) in [5.74, 6) is -0.853. The van der Waals surface area contributed by atoms with Crippen molar-refractivity contribution in [2.24, 2.45) is 0 Å². The quantitative estimate of drug-likeness (QED) is 0.0261. The number of esters is 3. The van der Waals surface area contributed by atoms with Gasteiger partial charge in [0.2, 0.25) is 0 Å². The number of rotatable bonds is 69. The van der Waals surface area contributed by atoms with Crippen molar-refractivity contribution in [3.63, 3.8) is 0 Å². The Morgan fingerprint density at radius 3 is 0.707 bits per heavy atom. The van der Waals surface area contributed by atoms with Gasteiger partial charge in [-0.2, -0.15) is 0 Å². The lowest BCUT2D eigenvalue weighted by atomic mass is 10.0. The molecule has 0 aromatic carbocycles. The Labute approximate surface area is 512 Å². The van der Waals surface area contributed by atoms with Crippen molar-refractivity contribution in [3.05, 3.63) is 36.5 Å². The summed E-state index contributed by atoms with van der Waals surface area (Å²) in [5, 5.41) is 0. The summed E-state index contributed by atoms with van der Waals surface area (Å²) < 4.78 is 17.0. The van der Waals surface area contributed by atoms with Gasteiger partial charge in [-0.1, -0.05) is 353 Å². The number of unbranched alkanes of at least 4 members (excludes halogenated alkanes) is 52. The molecule has 0 aromatic rings. The minimum absolute atomic E-state index is 0.0709. The number of carbonyl (C=O) groups excluding carboxylic acids is 3. The number of carbonyl (C=O) groups is 3. The molecule has 0 rings (SSSR count). The SMILES string of the molecule is CCCCC/C=C\C/C=C\CCCCCCCC(=O)OCC(COC(=O)CCCCCCCCCCCCCCCCCCC/C=C\CCCCCCCCCC)OC(=O)CCCCCCCCCCCCCCCCCCCCCC. The van der Waals surface area contributed by atoms with Gasteiger partial charge < -0.3 is 14.2 Å². The monoisotopic (exact) mass is 1150 g/mol. The van der Waals surface area contributed by atoms with Crippen molar-refractivity contribution in [1.29, 1.82) is 0 Å². The Kier molecular flexibility index (Phi) is 69.1. The van der Waals surface area contributed by atoms with Crippen LogP contribution in [0.15, 0.2) is 36.5 Å². The number of ether oxygens (including phenoxy) is 3. The standard InChI is InChI=1S/C76H142O6/c1-4-7-10-13-16-19-22-25-28-30-32-34-35-36-37-38-39-40-41-42-44-45-48-51-54-57-60-63-66-69-75(78)81-72-73(71-80-74(77)68-65-62-59-56-53-50-47-27-24-21-18-15-12-9-6-3)82-76(79)70-67-64-61-58-55-52-49-46-43-33-31-29-26-23-20-17-14-11-8-5-2/h18,21,27,30,32,47,73H,4-17,19-20,22-26,28-29,31,33-46,48-72H2,1-3H3/b21-18-,32-30-,47-27-. The molecule has 0 spiro atoms. The molecule has 0 radical (unpaired) electrons. The minimum atomic E-state index is -0.776. The maximum Gasteiger partial charge on any atom is 0.306 e. The lowest BCUT2D eigenvalue weighted by Crippen LogP contribution is -2.30. The smallest absolute Gasteiger partial charge is 0.306 e. The molecule has 1 atom stereocenters. The van der Waals surface area contributed by atoms with Gasteiger partial charge in [0.1, 0.15) is 13.2 Å². The molecule has 0 bridgehead atoms. The van der Waals surface area contributed by atoms with E-state index < -0.39 is 6.10 Å². The summed E-state index contributed by atoms with van der Waals surface area (Å²) >= 11 is 0. The van der Waals surface area contributed by atoms with Crippen molar-refractivity contribution in [2.45, 2.75) is 419 Å². The fourth-order valence-corrected chi connectivity index (χ4v) is 11.3. The van der Waals surface area contributed by atoms with Gasteiger partial charge in [-0.25, -0.2) is 0 Å². The molecule has 0 heterocycles. The van der Waals surface area contributed by atoms with Crippen LogP contribution in [0.5, 0.6) is 0 Å². The van der Waals surface area contributed by atoms with Crippen LogP contribution in [0.1, 0.15) is 412 Å². The second kappa shape index (κ2) is 71.1. The molecule has 6 heteroatoms. The Hall–Kier alpha value is -2.37. The van der Waals surface area contributed by atoms with Crippen molar-refractivity contribution < 1.29 is 28.6 Å². The van der Waals surface area contributed by atoms with E-state index in [2.05, 4.69) is 57.2 Å².